The standard InChI is InChI=1S/C20H20O6/c1-24-17-6-5-13(10-18(17)25-2)19-15(11-22)14-8-12(4-3-7-21)9-16(23)20(14)26-19/h3-10,15,19,22-23H,11H2,1-2H3/b4-3+. The molecule has 2 aromatic carbocycles. The molecule has 2 atom stereocenters. The second-order valence-corrected chi connectivity index (χ2v) is 5.90. The van der Waals surface area contributed by atoms with Crippen molar-refractivity contribution in [2.45, 2.75) is 12.0 Å². The summed E-state index contributed by atoms with van der Waals surface area (Å²) < 4.78 is 16.5. The van der Waals surface area contributed by atoms with Gasteiger partial charge in [0.05, 0.1) is 26.7 Å². The number of fused-ring (bicyclic) bond motifs is 1. The van der Waals surface area contributed by atoms with E-state index in [4.69, 9.17) is 14.2 Å². The molecule has 1 aliphatic rings. The van der Waals surface area contributed by atoms with E-state index in [1.807, 2.05) is 6.07 Å². The third-order valence-corrected chi connectivity index (χ3v) is 4.43. The number of rotatable bonds is 6. The second-order valence-electron chi connectivity index (χ2n) is 5.90. The number of methoxy groups -OCH3 is 2. The minimum absolute atomic E-state index is 0.0329. The number of aromatic hydroxyl groups is 1. The number of phenolic OH excluding ortho intramolecular Hbond substituents is 1. The molecule has 136 valence electrons. The maximum Gasteiger partial charge on any atom is 0.165 e. The van der Waals surface area contributed by atoms with Crippen LogP contribution >= 0.6 is 0 Å². The van der Waals surface area contributed by atoms with Gasteiger partial charge in [-0.25, -0.2) is 0 Å². The van der Waals surface area contributed by atoms with Gasteiger partial charge in [0, 0.05) is 5.56 Å². The van der Waals surface area contributed by atoms with Crippen molar-refractivity contribution in [2.24, 2.45) is 0 Å². The number of hydrogen-bond donors (Lipinski definition) is 2. The lowest BCUT2D eigenvalue weighted by molar-refractivity contribution is -0.104. The van der Waals surface area contributed by atoms with Gasteiger partial charge >= 0.3 is 0 Å². The first-order valence-corrected chi connectivity index (χ1v) is 8.11. The number of phenols is 1. The number of aliphatic hydroxyl groups is 1. The van der Waals surface area contributed by atoms with Gasteiger partial charge < -0.3 is 24.4 Å². The van der Waals surface area contributed by atoms with E-state index in [9.17, 15) is 15.0 Å². The molecule has 0 aromatic heterocycles. The molecule has 1 aliphatic heterocycles. The predicted molar refractivity (Wildman–Crippen MR) is 95.9 cm³/mol. The first-order valence-electron chi connectivity index (χ1n) is 8.11. The molecule has 3 rings (SSSR count). The third kappa shape index (κ3) is 3.11. The number of carbonyl (C=O) groups is 1. The summed E-state index contributed by atoms with van der Waals surface area (Å²) in [6, 6.07) is 8.72. The van der Waals surface area contributed by atoms with Crippen molar-refractivity contribution in [1.82, 2.24) is 0 Å². The van der Waals surface area contributed by atoms with Crippen molar-refractivity contribution >= 4 is 12.4 Å². The van der Waals surface area contributed by atoms with E-state index in [-0.39, 0.29) is 18.3 Å². The van der Waals surface area contributed by atoms with Gasteiger partial charge in [0.15, 0.2) is 23.0 Å². The van der Waals surface area contributed by atoms with Gasteiger partial charge in [-0.3, -0.25) is 4.79 Å². The molecule has 26 heavy (non-hydrogen) atoms. The molecule has 0 aliphatic carbocycles. The summed E-state index contributed by atoms with van der Waals surface area (Å²) in [5.41, 5.74) is 2.14. The molecule has 2 unspecified atom stereocenters. The fourth-order valence-corrected chi connectivity index (χ4v) is 3.20. The number of benzene rings is 2. The van der Waals surface area contributed by atoms with E-state index < -0.39 is 6.10 Å². The monoisotopic (exact) mass is 356 g/mol. The van der Waals surface area contributed by atoms with Crippen molar-refractivity contribution in [1.29, 1.82) is 0 Å². The fraction of sp³-hybridized carbons (Fsp3) is 0.250. The summed E-state index contributed by atoms with van der Waals surface area (Å²) in [5, 5.41) is 20.2. The number of hydrogen-bond acceptors (Lipinski definition) is 6. The van der Waals surface area contributed by atoms with E-state index in [1.165, 1.54) is 12.1 Å². The van der Waals surface area contributed by atoms with Crippen molar-refractivity contribution < 1.29 is 29.2 Å². The number of aldehydes is 1. The van der Waals surface area contributed by atoms with Gasteiger partial charge in [0.1, 0.15) is 12.4 Å². The van der Waals surface area contributed by atoms with Crippen molar-refractivity contribution in [3.63, 3.8) is 0 Å². The van der Waals surface area contributed by atoms with E-state index in [1.54, 1.807) is 38.5 Å². The van der Waals surface area contributed by atoms with Crippen LogP contribution in [0.3, 0.4) is 0 Å². The average Bonchev–Trinajstić information content (AvgIpc) is 3.04. The molecular formula is C20H20O6. The van der Waals surface area contributed by atoms with Crippen LogP contribution in [0.15, 0.2) is 36.4 Å². The summed E-state index contributed by atoms with van der Waals surface area (Å²) in [7, 11) is 3.11. The highest BCUT2D eigenvalue weighted by Gasteiger charge is 2.37. The van der Waals surface area contributed by atoms with Crippen molar-refractivity contribution in [3.05, 3.63) is 53.1 Å². The highest BCUT2D eigenvalue weighted by Crippen LogP contribution is 2.51. The predicted octanol–water partition coefficient (Wildman–Crippen LogP) is 2.83. The SMILES string of the molecule is COc1ccc(C2Oc3c(O)cc(/C=C/C=O)cc3C2CO)cc1OC. The molecule has 0 radical (unpaired) electrons. The van der Waals surface area contributed by atoms with E-state index in [0.717, 1.165) is 5.56 Å². The number of aliphatic hydroxyl groups excluding tert-OH is 1. The summed E-state index contributed by atoms with van der Waals surface area (Å²) in [6.45, 7) is -0.160. The van der Waals surface area contributed by atoms with Crippen LogP contribution in [0.4, 0.5) is 0 Å². The van der Waals surface area contributed by atoms with Gasteiger partial charge in [0.25, 0.3) is 0 Å². The Morgan fingerprint density at radius 2 is 1.92 bits per heavy atom. The van der Waals surface area contributed by atoms with Gasteiger partial charge in [-0.2, -0.15) is 0 Å². The molecular weight excluding hydrogens is 336 g/mol. The molecule has 0 saturated heterocycles. The Bertz CT molecular complexity index is 842. The van der Waals surface area contributed by atoms with Crippen LogP contribution in [0.1, 0.15) is 28.7 Å². The minimum Gasteiger partial charge on any atom is -0.504 e. The molecule has 0 amide bonds. The Kier molecular flexibility index (Phi) is 5.14. The van der Waals surface area contributed by atoms with Crippen LogP contribution in [-0.2, 0) is 4.79 Å². The topological polar surface area (TPSA) is 85.2 Å². The van der Waals surface area contributed by atoms with Gasteiger partial charge in [0.2, 0.25) is 0 Å². The first kappa shape index (κ1) is 17.8. The zero-order chi connectivity index (χ0) is 18.7. The van der Waals surface area contributed by atoms with Crippen LogP contribution in [0.5, 0.6) is 23.0 Å². The normalized spacial score (nSPS) is 18.4. The molecule has 6 heteroatoms. The zero-order valence-electron chi connectivity index (χ0n) is 14.5. The van der Waals surface area contributed by atoms with Gasteiger partial charge in [-0.05, 0) is 41.5 Å². The molecule has 1 heterocycles. The highest BCUT2D eigenvalue weighted by molar-refractivity contribution is 5.75. The third-order valence-electron chi connectivity index (χ3n) is 4.43. The zero-order valence-corrected chi connectivity index (χ0v) is 14.5. The number of carbonyl (C=O) groups excluding carboxylic acids is 1. The Balaban J connectivity index is 2.02. The molecule has 0 bridgehead atoms. The Morgan fingerprint density at radius 1 is 1.15 bits per heavy atom. The molecule has 0 fully saturated rings. The smallest absolute Gasteiger partial charge is 0.165 e. The van der Waals surface area contributed by atoms with Crippen LogP contribution in [0, 0.1) is 0 Å². The van der Waals surface area contributed by atoms with Crippen LogP contribution in [0.2, 0.25) is 0 Å². The Morgan fingerprint density at radius 3 is 2.58 bits per heavy atom. The van der Waals surface area contributed by atoms with E-state index >= 15 is 0 Å². The first-order chi connectivity index (χ1) is 12.6. The van der Waals surface area contributed by atoms with Crippen LogP contribution in [-0.4, -0.2) is 37.3 Å². The summed E-state index contributed by atoms with van der Waals surface area (Å²) in [5.74, 6) is 1.09. The number of ether oxygens (including phenoxy) is 3. The van der Waals surface area contributed by atoms with Crippen LogP contribution < -0.4 is 14.2 Å². The maximum absolute atomic E-state index is 10.5. The Hall–Kier alpha value is -2.99. The molecule has 0 spiro atoms. The fourth-order valence-electron chi connectivity index (χ4n) is 3.20. The number of allylic oxidation sites excluding steroid dienone is 1. The lowest BCUT2D eigenvalue weighted by atomic mass is 9.90. The summed E-state index contributed by atoms with van der Waals surface area (Å²) in [4.78, 5) is 10.5. The van der Waals surface area contributed by atoms with Crippen molar-refractivity contribution in [3.8, 4) is 23.0 Å². The second kappa shape index (κ2) is 7.49. The Labute approximate surface area is 151 Å². The quantitative estimate of drug-likeness (QED) is 0.612. The molecule has 2 N–H and O–H groups in total. The highest BCUT2D eigenvalue weighted by atomic mass is 16.5. The maximum atomic E-state index is 10.5. The molecule has 2 aromatic rings. The average molecular weight is 356 g/mol. The van der Waals surface area contributed by atoms with Crippen molar-refractivity contribution in [2.75, 3.05) is 20.8 Å². The van der Waals surface area contributed by atoms with E-state index in [0.29, 0.717) is 34.7 Å². The largest absolute Gasteiger partial charge is 0.504 e. The molecule has 0 saturated carbocycles. The molecule has 6 nitrogen and oxygen atoms in total. The summed E-state index contributed by atoms with van der Waals surface area (Å²) >= 11 is 0. The van der Waals surface area contributed by atoms with E-state index in [2.05, 4.69) is 0 Å². The summed E-state index contributed by atoms with van der Waals surface area (Å²) in [6.07, 6.45) is 3.12. The van der Waals surface area contributed by atoms with Crippen LogP contribution in [0.25, 0.3) is 6.08 Å². The lowest BCUT2D eigenvalue weighted by Crippen LogP contribution is -2.13. The van der Waals surface area contributed by atoms with Gasteiger partial charge in [-0.1, -0.05) is 12.1 Å². The van der Waals surface area contributed by atoms with Gasteiger partial charge in [-0.15, -0.1) is 0 Å². The minimum atomic E-state index is -0.481. The lowest BCUT2D eigenvalue weighted by Gasteiger charge is -2.19.